The summed E-state index contributed by atoms with van der Waals surface area (Å²) in [5.41, 5.74) is 11.2. The number of halogens is 3. The molecular weight excluding hydrogens is 244 g/mol. The first-order valence-corrected chi connectivity index (χ1v) is 4.57. The smallest absolute Gasteiger partial charge is 0.280 e. The van der Waals surface area contributed by atoms with Gasteiger partial charge in [-0.05, 0) is 0 Å². The molecule has 0 amide bonds. The van der Waals surface area contributed by atoms with Crippen molar-refractivity contribution in [2.24, 2.45) is 0 Å². The largest absolute Gasteiger partial charge is 0.397 e. The Morgan fingerprint density at radius 2 is 2.08 bits per heavy atom. The van der Waals surface area contributed by atoms with Crippen molar-refractivity contribution in [3.05, 3.63) is 17.5 Å². The monoisotopic (exact) mass is 251 g/mol. The highest BCUT2D eigenvalue weighted by Gasteiger charge is 2.17. The number of rotatable bonds is 2. The Bertz CT molecular complexity index is 317. The number of aromatic nitrogens is 1. The summed E-state index contributed by atoms with van der Waals surface area (Å²) >= 11 is 3.05. The molecule has 3 nitrogen and oxygen atoms in total. The van der Waals surface area contributed by atoms with Gasteiger partial charge in [-0.3, -0.25) is 4.98 Å². The van der Waals surface area contributed by atoms with Crippen LogP contribution in [0.1, 0.15) is 17.7 Å². The topological polar surface area (TPSA) is 64.9 Å². The van der Waals surface area contributed by atoms with E-state index in [-0.39, 0.29) is 28.0 Å². The van der Waals surface area contributed by atoms with Crippen LogP contribution in [0.25, 0.3) is 0 Å². The van der Waals surface area contributed by atoms with Crippen molar-refractivity contribution < 1.29 is 8.78 Å². The van der Waals surface area contributed by atoms with E-state index in [1.807, 2.05) is 0 Å². The number of hydrogen-bond acceptors (Lipinski definition) is 3. The van der Waals surface area contributed by atoms with Crippen LogP contribution in [-0.4, -0.2) is 4.98 Å². The van der Waals surface area contributed by atoms with Gasteiger partial charge in [-0.25, -0.2) is 8.78 Å². The maximum absolute atomic E-state index is 12.3. The molecule has 13 heavy (non-hydrogen) atoms. The maximum atomic E-state index is 12.3. The van der Waals surface area contributed by atoms with Gasteiger partial charge >= 0.3 is 0 Å². The zero-order chi connectivity index (χ0) is 10.0. The predicted octanol–water partition coefficient (Wildman–Crippen LogP) is 2.08. The zero-order valence-electron chi connectivity index (χ0n) is 6.60. The molecule has 1 heterocycles. The molecular formula is C7H8BrF2N3. The fourth-order valence-electron chi connectivity index (χ4n) is 0.927. The lowest BCUT2D eigenvalue weighted by Crippen LogP contribution is -2.05. The molecule has 1 rings (SSSR count). The molecule has 0 aliphatic rings. The van der Waals surface area contributed by atoms with Crippen molar-refractivity contribution in [1.29, 1.82) is 0 Å². The molecule has 6 heteroatoms. The van der Waals surface area contributed by atoms with Gasteiger partial charge in [0.1, 0.15) is 5.69 Å². The lowest BCUT2D eigenvalue weighted by atomic mass is 10.1. The fourth-order valence-corrected chi connectivity index (χ4v) is 1.52. The van der Waals surface area contributed by atoms with Gasteiger partial charge in [0, 0.05) is 10.9 Å². The number of pyridine rings is 1. The fraction of sp³-hybridized carbons (Fsp3) is 0.286. The van der Waals surface area contributed by atoms with E-state index in [0.29, 0.717) is 0 Å². The van der Waals surface area contributed by atoms with Gasteiger partial charge in [0.2, 0.25) is 0 Å². The first kappa shape index (κ1) is 10.2. The van der Waals surface area contributed by atoms with E-state index in [4.69, 9.17) is 11.5 Å². The van der Waals surface area contributed by atoms with E-state index >= 15 is 0 Å². The second-order valence-corrected chi connectivity index (χ2v) is 2.99. The average molecular weight is 252 g/mol. The highest BCUT2D eigenvalue weighted by atomic mass is 79.9. The van der Waals surface area contributed by atoms with Crippen LogP contribution in [0.15, 0.2) is 6.20 Å². The predicted molar refractivity (Wildman–Crippen MR) is 50.6 cm³/mol. The van der Waals surface area contributed by atoms with E-state index in [0.717, 1.165) is 6.20 Å². The second kappa shape index (κ2) is 3.87. The van der Waals surface area contributed by atoms with Crippen LogP contribution in [0, 0.1) is 0 Å². The van der Waals surface area contributed by atoms with Crippen LogP contribution >= 0.6 is 15.9 Å². The quantitative estimate of drug-likeness (QED) is 0.792. The van der Waals surface area contributed by atoms with Crippen molar-refractivity contribution in [1.82, 2.24) is 4.98 Å². The Labute approximate surface area is 82.3 Å². The number of nitrogens with zero attached hydrogens (tertiary/aromatic N) is 1. The van der Waals surface area contributed by atoms with Crippen LogP contribution in [0.4, 0.5) is 20.2 Å². The molecule has 72 valence electrons. The Hall–Kier alpha value is -0.910. The number of anilines is 2. The van der Waals surface area contributed by atoms with Gasteiger partial charge < -0.3 is 11.5 Å². The van der Waals surface area contributed by atoms with E-state index in [9.17, 15) is 8.78 Å². The number of nitrogens with two attached hydrogens (primary N) is 2. The Balaban J connectivity index is 3.30. The summed E-state index contributed by atoms with van der Waals surface area (Å²) in [6, 6.07) is 0. The molecule has 0 radical (unpaired) electrons. The molecule has 0 saturated heterocycles. The standard InChI is InChI=1S/C7H8BrF2N3/c8-1-3-5(12)4(11)2-13-6(3)7(9)10/h2,7H,1,11H2,(H2,12,13). The molecule has 0 bridgehead atoms. The molecule has 1 aromatic rings. The number of alkyl halides is 3. The summed E-state index contributed by atoms with van der Waals surface area (Å²) in [5, 5.41) is 0.219. The molecule has 0 unspecified atom stereocenters. The lowest BCUT2D eigenvalue weighted by Gasteiger charge is -2.09. The van der Waals surface area contributed by atoms with Crippen molar-refractivity contribution in [3.63, 3.8) is 0 Å². The second-order valence-electron chi connectivity index (χ2n) is 2.43. The Morgan fingerprint density at radius 1 is 1.46 bits per heavy atom. The lowest BCUT2D eigenvalue weighted by molar-refractivity contribution is 0.145. The summed E-state index contributed by atoms with van der Waals surface area (Å²) in [6.45, 7) is 0. The van der Waals surface area contributed by atoms with Crippen molar-refractivity contribution >= 4 is 27.3 Å². The normalized spacial score (nSPS) is 10.8. The van der Waals surface area contributed by atoms with Crippen molar-refractivity contribution in [3.8, 4) is 0 Å². The van der Waals surface area contributed by atoms with Crippen molar-refractivity contribution in [2.75, 3.05) is 11.5 Å². The van der Waals surface area contributed by atoms with E-state index in [1.54, 1.807) is 0 Å². The van der Waals surface area contributed by atoms with Crippen LogP contribution in [-0.2, 0) is 5.33 Å². The van der Waals surface area contributed by atoms with Gasteiger partial charge in [0.05, 0.1) is 17.6 Å². The molecule has 0 aliphatic heterocycles. The molecule has 0 spiro atoms. The molecule has 4 N–H and O–H groups in total. The van der Waals surface area contributed by atoms with Gasteiger partial charge in [0.25, 0.3) is 6.43 Å². The number of nitrogen functional groups attached to an aromatic ring is 2. The molecule has 0 aliphatic carbocycles. The van der Waals surface area contributed by atoms with Gasteiger partial charge in [-0.2, -0.15) is 0 Å². The first-order chi connectivity index (χ1) is 6.07. The maximum Gasteiger partial charge on any atom is 0.280 e. The van der Waals surface area contributed by atoms with E-state index < -0.39 is 6.43 Å². The summed E-state index contributed by atoms with van der Waals surface area (Å²) in [5.74, 6) is 0. The van der Waals surface area contributed by atoms with Crippen LogP contribution in [0.5, 0.6) is 0 Å². The SMILES string of the molecule is Nc1cnc(C(F)F)c(CBr)c1N. The summed E-state index contributed by atoms with van der Waals surface area (Å²) in [6.07, 6.45) is -1.49. The van der Waals surface area contributed by atoms with Crippen LogP contribution in [0.2, 0.25) is 0 Å². The summed E-state index contributed by atoms with van der Waals surface area (Å²) in [7, 11) is 0. The molecule has 0 saturated carbocycles. The summed E-state index contributed by atoms with van der Waals surface area (Å²) < 4.78 is 24.7. The van der Waals surface area contributed by atoms with Gasteiger partial charge in [0.15, 0.2) is 0 Å². The zero-order valence-corrected chi connectivity index (χ0v) is 8.18. The highest BCUT2D eigenvalue weighted by molar-refractivity contribution is 9.08. The van der Waals surface area contributed by atoms with E-state index in [1.165, 1.54) is 0 Å². The summed E-state index contributed by atoms with van der Waals surface area (Å²) in [4.78, 5) is 3.52. The van der Waals surface area contributed by atoms with Crippen LogP contribution < -0.4 is 11.5 Å². The minimum atomic E-state index is -2.63. The van der Waals surface area contributed by atoms with E-state index in [2.05, 4.69) is 20.9 Å². The third-order valence-electron chi connectivity index (χ3n) is 1.63. The third-order valence-corrected chi connectivity index (χ3v) is 2.19. The molecule has 0 atom stereocenters. The molecule has 0 fully saturated rings. The number of hydrogen-bond donors (Lipinski definition) is 2. The average Bonchev–Trinajstić information content (AvgIpc) is 2.09. The molecule has 0 aromatic carbocycles. The Kier molecular flexibility index (Phi) is 3.02. The van der Waals surface area contributed by atoms with Crippen molar-refractivity contribution in [2.45, 2.75) is 11.8 Å². The van der Waals surface area contributed by atoms with Gasteiger partial charge in [-0.1, -0.05) is 15.9 Å². The third kappa shape index (κ3) is 1.88. The minimum absolute atomic E-state index is 0.169. The van der Waals surface area contributed by atoms with Gasteiger partial charge in [-0.15, -0.1) is 0 Å². The highest BCUT2D eigenvalue weighted by Crippen LogP contribution is 2.29. The minimum Gasteiger partial charge on any atom is -0.397 e. The first-order valence-electron chi connectivity index (χ1n) is 3.44. The Morgan fingerprint density at radius 3 is 2.54 bits per heavy atom. The van der Waals surface area contributed by atoms with Crippen LogP contribution in [0.3, 0.4) is 0 Å². The molecule has 1 aromatic heterocycles.